The molecule has 2 N–H and O–H groups in total. The van der Waals surface area contributed by atoms with Crippen LogP contribution in [0.5, 0.6) is 0 Å². The van der Waals surface area contributed by atoms with E-state index < -0.39 is 5.41 Å². The molecule has 1 aromatic heterocycles. The van der Waals surface area contributed by atoms with Gasteiger partial charge < -0.3 is 15.1 Å². The molecule has 3 aromatic rings. The number of carbonyl (C=O) groups is 2. The van der Waals surface area contributed by atoms with Gasteiger partial charge in [0, 0.05) is 12.2 Å². The largest absolute Gasteiger partial charge is 0.459 e. The van der Waals surface area contributed by atoms with E-state index in [9.17, 15) is 9.59 Å². The summed E-state index contributed by atoms with van der Waals surface area (Å²) in [5.74, 6) is -0.0796. The standard InChI is InChI=1S/C22H22N2O3/c1-22(2,17-7-4-3-5-8-17)21(26)23-15-16-10-12-18(13-11-16)24-20(25)19-9-6-14-27-19/h3-14H,15H2,1-2H3,(H,23,26)(H,24,25). The summed E-state index contributed by atoms with van der Waals surface area (Å²) < 4.78 is 5.06. The van der Waals surface area contributed by atoms with Gasteiger partial charge in [0.25, 0.3) is 5.91 Å². The zero-order valence-corrected chi connectivity index (χ0v) is 15.4. The predicted molar refractivity (Wildman–Crippen MR) is 104 cm³/mol. The molecule has 2 aromatic carbocycles. The second-order valence-corrected chi connectivity index (χ2v) is 6.80. The summed E-state index contributed by atoms with van der Waals surface area (Å²) in [5.41, 5.74) is 1.97. The van der Waals surface area contributed by atoms with Crippen molar-refractivity contribution in [3.05, 3.63) is 89.9 Å². The lowest BCUT2D eigenvalue weighted by molar-refractivity contribution is -0.125. The van der Waals surface area contributed by atoms with Gasteiger partial charge in [0.05, 0.1) is 11.7 Å². The molecule has 0 atom stereocenters. The van der Waals surface area contributed by atoms with E-state index in [0.29, 0.717) is 12.2 Å². The lowest BCUT2D eigenvalue weighted by atomic mass is 9.84. The Bertz CT molecular complexity index is 899. The Hall–Kier alpha value is -3.34. The quantitative estimate of drug-likeness (QED) is 0.693. The number of rotatable bonds is 6. The minimum absolute atomic E-state index is 0.0381. The highest BCUT2D eigenvalue weighted by atomic mass is 16.3. The van der Waals surface area contributed by atoms with Crippen molar-refractivity contribution in [2.45, 2.75) is 25.8 Å². The van der Waals surface area contributed by atoms with Gasteiger partial charge in [-0.05, 0) is 49.2 Å². The van der Waals surface area contributed by atoms with Gasteiger partial charge in [0.1, 0.15) is 0 Å². The molecule has 1 heterocycles. The van der Waals surface area contributed by atoms with E-state index >= 15 is 0 Å². The number of benzene rings is 2. The first kappa shape index (κ1) is 18.5. The van der Waals surface area contributed by atoms with Crippen LogP contribution in [0, 0.1) is 0 Å². The second-order valence-electron chi connectivity index (χ2n) is 6.80. The zero-order valence-electron chi connectivity index (χ0n) is 15.4. The summed E-state index contributed by atoms with van der Waals surface area (Å²) in [6, 6.07) is 20.3. The normalized spacial score (nSPS) is 11.0. The fourth-order valence-corrected chi connectivity index (χ4v) is 2.70. The van der Waals surface area contributed by atoms with Gasteiger partial charge in [-0.25, -0.2) is 0 Å². The molecule has 138 valence electrons. The van der Waals surface area contributed by atoms with Crippen molar-refractivity contribution in [3.63, 3.8) is 0 Å². The molecule has 0 fully saturated rings. The van der Waals surface area contributed by atoms with Gasteiger partial charge in [-0.2, -0.15) is 0 Å². The Morgan fingerprint density at radius 2 is 1.63 bits per heavy atom. The third kappa shape index (κ3) is 4.44. The number of carbonyl (C=O) groups excluding carboxylic acids is 2. The first-order chi connectivity index (χ1) is 13.0. The first-order valence-electron chi connectivity index (χ1n) is 8.74. The van der Waals surface area contributed by atoms with E-state index in [2.05, 4.69) is 10.6 Å². The van der Waals surface area contributed by atoms with Crippen molar-refractivity contribution in [2.75, 3.05) is 5.32 Å². The maximum Gasteiger partial charge on any atom is 0.291 e. The van der Waals surface area contributed by atoms with Crippen LogP contribution in [-0.4, -0.2) is 11.8 Å². The molecule has 0 aliphatic carbocycles. The van der Waals surface area contributed by atoms with E-state index in [-0.39, 0.29) is 17.6 Å². The number of hydrogen-bond donors (Lipinski definition) is 2. The third-order valence-corrected chi connectivity index (χ3v) is 4.47. The van der Waals surface area contributed by atoms with Gasteiger partial charge in [-0.1, -0.05) is 42.5 Å². The maximum absolute atomic E-state index is 12.6. The Morgan fingerprint density at radius 3 is 2.26 bits per heavy atom. The van der Waals surface area contributed by atoms with E-state index in [1.54, 1.807) is 24.3 Å². The van der Waals surface area contributed by atoms with Crippen LogP contribution in [0.3, 0.4) is 0 Å². The summed E-state index contributed by atoms with van der Waals surface area (Å²) in [4.78, 5) is 24.6. The number of nitrogens with one attached hydrogen (secondary N) is 2. The van der Waals surface area contributed by atoms with Crippen molar-refractivity contribution >= 4 is 17.5 Å². The molecule has 2 amide bonds. The highest BCUT2D eigenvalue weighted by molar-refractivity contribution is 6.02. The van der Waals surface area contributed by atoms with Crippen molar-refractivity contribution in [1.29, 1.82) is 0 Å². The highest BCUT2D eigenvalue weighted by Crippen LogP contribution is 2.23. The first-order valence-corrected chi connectivity index (χ1v) is 8.74. The average molecular weight is 362 g/mol. The Morgan fingerprint density at radius 1 is 0.926 bits per heavy atom. The Labute approximate surface area is 158 Å². The lowest BCUT2D eigenvalue weighted by Gasteiger charge is -2.24. The fraction of sp³-hybridized carbons (Fsp3) is 0.182. The zero-order chi connectivity index (χ0) is 19.3. The van der Waals surface area contributed by atoms with Crippen LogP contribution in [0.15, 0.2) is 77.4 Å². The third-order valence-electron chi connectivity index (χ3n) is 4.47. The smallest absolute Gasteiger partial charge is 0.291 e. The van der Waals surface area contributed by atoms with Crippen LogP contribution in [0.25, 0.3) is 0 Å². The molecular formula is C22H22N2O3. The minimum Gasteiger partial charge on any atom is -0.459 e. The Kier molecular flexibility index (Phi) is 5.41. The highest BCUT2D eigenvalue weighted by Gasteiger charge is 2.29. The number of anilines is 1. The molecular weight excluding hydrogens is 340 g/mol. The van der Waals surface area contributed by atoms with Crippen LogP contribution < -0.4 is 10.6 Å². The minimum atomic E-state index is -0.613. The molecule has 0 saturated heterocycles. The molecule has 0 aliphatic heterocycles. The van der Waals surface area contributed by atoms with Gasteiger partial charge in [-0.3, -0.25) is 9.59 Å². The van der Waals surface area contributed by atoms with Crippen molar-refractivity contribution in [1.82, 2.24) is 5.32 Å². The topological polar surface area (TPSA) is 71.3 Å². The number of furan rings is 1. The van der Waals surface area contributed by atoms with Crippen molar-refractivity contribution in [3.8, 4) is 0 Å². The summed E-state index contributed by atoms with van der Waals surface area (Å²) in [6.07, 6.45) is 1.46. The maximum atomic E-state index is 12.6. The number of hydrogen-bond acceptors (Lipinski definition) is 3. The molecule has 0 radical (unpaired) electrons. The number of amides is 2. The molecule has 5 nitrogen and oxygen atoms in total. The van der Waals surface area contributed by atoms with E-state index in [1.165, 1.54) is 6.26 Å². The van der Waals surface area contributed by atoms with Crippen molar-refractivity contribution < 1.29 is 14.0 Å². The van der Waals surface area contributed by atoms with Crippen molar-refractivity contribution in [2.24, 2.45) is 0 Å². The van der Waals surface area contributed by atoms with Crippen LogP contribution >= 0.6 is 0 Å². The van der Waals surface area contributed by atoms with Gasteiger partial charge >= 0.3 is 0 Å². The van der Waals surface area contributed by atoms with E-state index in [0.717, 1.165) is 11.1 Å². The second kappa shape index (κ2) is 7.91. The van der Waals surface area contributed by atoms with E-state index in [1.807, 2.05) is 56.3 Å². The molecule has 5 heteroatoms. The molecule has 0 bridgehead atoms. The Balaban J connectivity index is 1.57. The van der Waals surface area contributed by atoms with Gasteiger partial charge in [0.2, 0.25) is 5.91 Å². The fourth-order valence-electron chi connectivity index (χ4n) is 2.70. The van der Waals surface area contributed by atoms with Crippen LogP contribution in [-0.2, 0) is 16.8 Å². The molecule has 27 heavy (non-hydrogen) atoms. The summed E-state index contributed by atoms with van der Waals surface area (Å²) in [7, 11) is 0. The van der Waals surface area contributed by atoms with Crippen LogP contribution in [0.1, 0.15) is 35.5 Å². The summed E-state index contributed by atoms with van der Waals surface area (Å²) >= 11 is 0. The van der Waals surface area contributed by atoms with Crippen LogP contribution in [0.4, 0.5) is 5.69 Å². The molecule has 0 aliphatic rings. The molecule has 0 unspecified atom stereocenters. The SMILES string of the molecule is CC(C)(C(=O)NCc1ccc(NC(=O)c2ccco2)cc1)c1ccccc1. The summed E-state index contributed by atoms with van der Waals surface area (Å²) in [5, 5.41) is 5.74. The van der Waals surface area contributed by atoms with E-state index in [4.69, 9.17) is 4.42 Å². The molecule has 0 saturated carbocycles. The summed E-state index contributed by atoms with van der Waals surface area (Å²) in [6.45, 7) is 4.23. The molecule has 3 rings (SSSR count). The van der Waals surface area contributed by atoms with Gasteiger partial charge in [-0.15, -0.1) is 0 Å². The van der Waals surface area contributed by atoms with Gasteiger partial charge in [0.15, 0.2) is 5.76 Å². The molecule has 0 spiro atoms. The van der Waals surface area contributed by atoms with Crippen LogP contribution in [0.2, 0.25) is 0 Å². The lowest BCUT2D eigenvalue weighted by Crippen LogP contribution is -2.39. The predicted octanol–water partition coefficient (Wildman–Crippen LogP) is 4.13. The average Bonchev–Trinajstić information content (AvgIpc) is 3.23. The monoisotopic (exact) mass is 362 g/mol.